The summed E-state index contributed by atoms with van der Waals surface area (Å²) in [7, 11) is 0. The number of nitriles is 1. The number of benzene rings is 1. The van der Waals surface area contributed by atoms with Crippen LogP contribution in [0.15, 0.2) is 29.8 Å². The van der Waals surface area contributed by atoms with Crippen molar-refractivity contribution in [1.29, 1.82) is 5.26 Å². The number of rotatable bonds is 4. The summed E-state index contributed by atoms with van der Waals surface area (Å²) in [6.45, 7) is 2.36. The average molecular weight is 258 g/mol. The van der Waals surface area contributed by atoms with Gasteiger partial charge in [0.1, 0.15) is 5.69 Å². The highest BCUT2D eigenvalue weighted by Crippen LogP contribution is 2.25. The van der Waals surface area contributed by atoms with E-state index in [1.807, 2.05) is 6.07 Å². The molecule has 98 valence electrons. The minimum Gasteiger partial charge on any atom is -0.376 e. The number of hydrogen-bond donors (Lipinski definition) is 2. The smallest absolute Gasteiger partial charge is 0.293 e. The topological polar surface area (TPSA) is 91.0 Å². The Morgan fingerprint density at radius 3 is 3.00 bits per heavy atom. The van der Waals surface area contributed by atoms with Crippen molar-refractivity contribution in [1.82, 2.24) is 5.32 Å². The number of nitro groups is 1. The summed E-state index contributed by atoms with van der Waals surface area (Å²) >= 11 is 0. The first kappa shape index (κ1) is 13.1. The Balaban J connectivity index is 2.13. The molecule has 1 aliphatic rings. The summed E-state index contributed by atoms with van der Waals surface area (Å²) in [5.41, 5.74) is 1.91. The van der Waals surface area contributed by atoms with Crippen molar-refractivity contribution in [2.45, 2.75) is 6.42 Å². The third-order valence-corrected chi connectivity index (χ3v) is 2.99. The maximum Gasteiger partial charge on any atom is 0.293 e. The van der Waals surface area contributed by atoms with E-state index in [1.54, 1.807) is 12.1 Å². The second-order valence-electron chi connectivity index (χ2n) is 4.27. The predicted molar refractivity (Wildman–Crippen MR) is 71.9 cm³/mol. The molecule has 0 saturated carbocycles. The zero-order valence-corrected chi connectivity index (χ0v) is 10.3. The number of hydrogen-bond acceptors (Lipinski definition) is 5. The molecular weight excluding hydrogens is 244 g/mol. The fourth-order valence-corrected chi connectivity index (χ4v) is 1.94. The van der Waals surface area contributed by atoms with Gasteiger partial charge in [-0.25, -0.2) is 0 Å². The second-order valence-corrected chi connectivity index (χ2v) is 4.27. The number of nitrogens with zero attached hydrogens (tertiary/aromatic N) is 2. The third kappa shape index (κ3) is 3.30. The van der Waals surface area contributed by atoms with Crippen LogP contribution in [-0.2, 0) is 0 Å². The Morgan fingerprint density at radius 2 is 2.37 bits per heavy atom. The number of nitrogens with one attached hydrogen (secondary N) is 2. The molecule has 6 heteroatoms. The van der Waals surface area contributed by atoms with Gasteiger partial charge in [-0.2, -0.15) is 5.26 Å². The highest BCUT2D eigenvalue weighted by atomic mass is 16.6. The van der Waals surface area contributed by atoms with Gasteiger partial charge in [-0.3, -0.25) is 10.1 Å². The zero-order valence-electron chi connectivity index (χ0n) is 10.3. The molecule has 1 aromatic carbocycles. The quantitative estimate of drug-likeness (QED) is 0.488. The molecule has 19 heavy (non-hydrogen) atoms. The van der Waals surface area contributed by atoms with E-state index in [9.17, 15) is 10.1 Å². The second kappa shape index (κ2) is 5.98. The fourth-order valence-electron chi connectivity index (χ4n) is 1.94. The molecule has 1 aliphatic heterocycles. The standard InChI is InChI=1S/C13H14N4O2/c14-8-11-1-2-12(13(7-11)17(18)19)16-9-10-3-5-15-6-4-10/h1-3,7,15-16H,4-6,9H2. The van der Waals surface area contributed by atoms with Crippen molar-refractivity contribution >= 4 is 11.4 Å². The van der Waals surface area contributed by atoms with Gasteiger partial charge in [-0.05, 0) is 25.1 Å². The van der Waals surface area contributed by atoms with Gasteiger partial charge in [0.05, 0.1) is 16.6 Å². The summed E-state index contributed by atoms with van der Waals surface area (Å²) in [6.07, 6.45) is 3.03. The van der Waals surface area contributed by atoms with Gasteiger partial charge in [0.15, 0.2) is 0 Å². The molecule has 0 radical (unpaired) electrons. The lowest BCUT2D eigenvalue weighted by molar-refractivity contribution is -0.384. The molecule has 0 unspecified atom stereocenters. The molecule has 0 amide bonds. The van der Waals surface area contributed by atoms with E-state index in [-0.39, 0.29) is 5.69 Å². The van der Waals surface area contributed by atoms with E-state index < -0.39 is 4.92 Å². The predicted octanol–water partition coefficient (Wildman–Crippen LogP) is 1.80. The normalized spacial score (nSPS) is 14.4. The molecule has 2 N–H and O–H groups in total. The van der Waals surface area contributed by atoms with Gasteiger partial charge < -0.3 is 10.6 Å². The van der Waals surface area contributed by atoms with Crippen LogP contribution in [0.25, 0.3) is 0 Å². The van der Waals surface area contributed by atoms with Crippen molar-refractivity contribution < 1.29 is 4.92 Å². The monoisotopic (exact) mass is 258 g/mol. The average Bonchev–Trinajstić information content (AvgIpc) is 2.46. The van der Waals surface area contributed by atoms with Crippen LogP contribution in [0.3, 0.4) is 0 Å². The lowest BCUT2D eigenvalue weighted by atomic mass is 10.1. The zero-order chi connectivity index (χ0) is 13.7. The highest BCUT2D eigenvalue weighted by molar-refractivity contribution is 5.64. The van der Waals surface area contributed by atoms with E-state index in [2.05, 4.69) is 16.7 Å². The summed E-state index contributed by atoms with van der Waals surface area (Å²) in [6, 6.07) is 6.35. The largest absolute Gasteiger partial charge is 0.376 e. The molecule has 0 aromatic heterocycles. The van der Waals surface area contributed by atoms with Crippen molar-refractivity contribution in [3.8, 4) is 6.07 Å². The lowest BCUT2D eigenvalue weighted by Crippen LogP contribution is -2.23. The SMILES string of the molecule is N#Cc1ccc(NCC2=CCNCC2)c([N+](=O)[O-])c1. The molecule has 0 saturated heterocycles. The fraction of sp³-hybridized carbons (Fsp3) is 0.308. The van der Waals surface area contributed by atoms with Gasteiger partial charge in [0.2, 0.25) is 0 Å². The Kier molecular flexibility index (Phi) is 4.11. The van der Waals surface area contributed by atoms with Crippen LogP contribution >= 0.6 is 0 Å². The number of anilines is 1. The van der Waals surface area contributed by atoms with E-state index in [0.29, 0.717) is 17.8 Å². The van der Waals surface area contributed by atoms with Gasteiger partial charge in [-0.15, -0.1) is 0 Å². The number of nitro benzene ring substituents is 1. The molecular formula is C13H14N4O2. The van der Waals surface area contributed by atoms with E-state index in [4.69, 9.17) is 5.26 Å². The summed E-state index contributed by atoms with van der Waals surface area (Å²) in [4.78, 5) is 10.5. The van der Waals surface area contributed by atoms with E-state index in [1.165, 1.54) is 11.6 Å². The van der Waals surface area contributed by atoms with Crippen molar-refractivity contribution in [3.05, 3.63) is 45.5 Å². The first-order valence-corrected chi connectivity index (χ1v) is 6.02. The summed E-state index contributed by atoms with van der Waals surface area (Å²) < 4.78 is 0. The molecule has 0 aliphatic carbocycles. The molecule has 1 aromatic rings. The van der Waals surface area contributed by atoms with Gasteiger partial charge in [-0.1, -0.05) is 11.6 Å². The Hall–Kier alpha value is -2.39. The highest BCUT2D eigenvalue weighted by Gasteiger charge is 2.14. The molecule has 0 fully saturated rings. The first-order valence-electron chi connectivity index (χ1n) is 6.02. The van der Waals surface area contributed by atoms with Crippen LogP contribution in [-0.4, -0.2) is 24.6 Å². The molecule has 0 spiro atoms. The molecule has 1 heterocycles. The van der Waals surface area contributed by atoms with Crippen LogP contribution in [0, 0.1) is 21.4 Å². The molecule has 2 rings (SSSR count). The lowest BCUT2D eigenvalue weighted by Gasteiger charge is -2.15. The minimum absolute atomic E-state index is 0.0615. The van der Waals surface area contributed by atoms with Crippen LogP contribution < -0.4 is 10.6 Å². The Bertz CT molecular complexity index is 560. The maximum atomic E-state index is 11.0. The van der Waals surface area contributed by atoms with Gasteiger partial charge >= 0.3 is 0 Å². The van der Waals surface area contributed by atoms with Crippen LogP contribution in [0.4, 0.5) is 11.4 Å². The molecule has 0 bridgehead atoms. The van der Waals surface area contributed by atoms with Crippen LogP contribution in [0.2, 0.25) is 0 Å². The molecule has 6 nitrogen and oxygen atoms in total. The first-order chi connectivity index (χ1) is 9.20. The van der Waals surface area contributed by atoms with E-state index in [0.717, 1.165) is 19.5 Å². The summed E-state index contributed by atoms with van der Waals surface area (Å²) in [5.74, 6) is 0. The Morgan fingerprint density at radius 1 is 1.53 bits per heavy atom. The van der Waals surface area contributed by atoms with Gasteiger partial charge in [0, 0.05) is 19.2 Å². The summed E-state index contributed by atoms with van der Waals surface area (Å²) in [5, 5.41) is 26.0. The Labute approximate surface area is 110 Å². The van der Waals surface area contributed by atoms with Crippen molar-refractivity contribution in [2.75, 3.05) is 25.0 Å². The van der Waals surface area contributed by atoms with Crippen LogP contribution in [0.1, 0.15) is 12.0 Å². The van der Waals surface area contributed by atoms with Gasteiger partial charge in [0.25, 0.3) is 5.69 Å². The maximum absolute atomic E-state index is 11.0. The van der Waals surface area contributed by atoms with E-state index >= 15 is 0 Å². The van der Waals surface area contributed by atoms with Crippen molar-refractivity contribution in [2.24, 2.45) is 0 Å². The molecule has 0 atom stereocenters. The van der Waals surface area contributed by atoms with Crippen LogP contribution in [0.5, 0.6) is 0 Å². The van der Waals surface area contributed by atoms with Crippen molar-refractivity contribution in [3.63, 3.8) is 0 Å². The third-order valence-electron chi connectivity index (χ3n) is 2.99. The minimum atomic E-state index is -0.472.